The van der Waals surface area contributed by atoms with E-state index in [2.05, 4.69) is 10.4 Å². The number of anilines is 1. The molecule has 1 heterocycles. The maximum atomic E-state index is 13.5. The van der Waals surface area contributed by atoms with E-state index in [4.69, 9.17) is 0 Å². The second kappa shape index (κ2) is 6.42. The number of hydrogen-bond acceptors (Lipinski definition) is 3. The van der Waals surface area contributed by atoms with Crippen LogP contribution in [0.3, 0.4) is 0 Å². The highest BCUT2D eigenvalue weighted by Gasteiger charge is 2.17. The van der Waals surface area contributed by atoms with Gasteiger partial charge in [-0.25, -0.2) is 17.9 Å². The zero-order chi connectivity index (χ0) is 16.3. The largest absolute Gasteiger partial charge is 0.318 e. The lowest BCUT2D eigenvalue weighted by Gasteiger charge is -2.08. The molecule has 1 aromatic heterocycles. The van der Waals surface area contributed by atoms with Crippen LogP contribution < -0.4 is 10.9 Å². The summed E-state index contributed by atoms with van der Waals surface area (Å²) < 4.78 is 40.5. The van der Waals surface area contributed by atoms with Crippen LogP contribution in [0.25, 0.3) is 0 Å². The van der Waals surface area contributed by atoms with Gasteiger partial charge in [0.25, 0.3) is 11.5 Å². The predicted molar refractivity (Wildman–Crippen MR) is 73.1 cm³/mol. The molecule has 0 atom stereocenters. The molecule has 0 spiro atoms. The van der Waals surface area contributed by atoms with Crippen LogP contribution in [0.4, 0.5) is 18.9 Å². The summed E-state index contributed by atoms with van der Waals surface area (Å²) in [6.45, 7) is 2.15. The van der Waals surface area contributed by atoms with Gasteiger partial charge in [0.2, 0.25) is 0 Å². The summed E-state index contributed by atoms with van der Waals surface area (Å²) in [5.74, 6) is -5.38. The lowest BCUT2D eigenvalue weighted by molar-refractivity contribution is 0.101. The number of hydrogen-bond donors (Lipinski definition) is 1. The van der Waals surface area contributed by atoms with Crippen molar-refractivity contribution in [1.29, 1.82) is 0 Å². The number of carbonyl (C=O) groups excluding carboxylic acids is 1. The summed E-state index contributed by atoms with van der Waals surface area (Å²) in [4.78, 5) is 23.5. The number of benzene rings is 1. The van der Waals surface area contributed by atoms with Crippen molar-refractivity contribution < 1.29 is 18.0 Å². The van der Waals surface area contributed by atoms with E-state index in [0.717, 1.165) is 16.8 Å². The van der Waals surface area contributed by atoms with Crippen LogP contribution in [0.2, 0.25) is 0 Å². The summed E-state index contributed by atoms with van der Waals surface area (Å²) in [5, 5.41) is 5.91. The second-order valence-electron chi connectivity index (χ2n) is 4.46. The van der Waals surface area contributed by atoms with Crippen molar-refractivity contribution >= 4 is 11.6 Å². The Labute approximate surface area is 123 Å². The molecule has 0 unspecified atom stereocenters. The van der Waals surface area contributed by atoms with Crippen LogP contribution in [-0.2, 0) is 6.54 Å². The number of aryl methyl sites for hydroxylation is 1. The average Bonchev–Trinajstić information content (AvgIpc) is 2.50. The molecular formula is C14H12F3N3O2. The van der Waals surface area contributed by atoms with Crippen molar-refractivity contribution in [1.82, 2.24) is 9.78 Å². The SMILES string of the molecule is CCCn1nc(C(=O)Nc2ccc(F)c(F)c2F)ccc1=O. The highest BCUT2D eigenvalue weighted by atomic mass is 19.2. The molecule has 0 fully saturated rings. The number of nitrogens with zero attached hydrogens (tertiary/aromatic N) is 2. The highest BCUT2D eigenvalue weighted by Crippen LogP contribution is 2.19. The third kappa shape index (κ3) is 3.16. The van der Waals surface area contributed by atoms with E-state index < -0.39 is 29.0 Å². The Morgan fingerprint density at radius 1 is 1.18 bits per heavy atom. The van der Waals surface area contributed by atoms with E-state index >= 15 is 0 Å². The molecular weight excluding hydrogens is 299 g/mol. The minimum absolute atomic E-state index is 0.141. The Bertz CT molecular complexity index is 774. The fourth-order valence-corrected chi connectivity index (χ4v) is 1.75. The van der Waals surface area contributed by atoms with Crippen molar-refractivity contribution in [2.24, 2.45) is 0 Å². The van der Waals surface area contributed by atoms with Crippen LogP contribution in [0.1, 0.15) is 23.8 Å². The van der Waals surface area contributed by atoms with E-state index in [1.165, 1.54) is 6.07 Å². The van der Waals surface area contributed by atoms with E-state index in [9.17, 15) is 22.8 Å². The second-order valence-corrected chi connectivity index (χ2v) is 4.46. The molecule has 0 saturated heterocycles. The van der Waals surface area contributed by atoms with Crippen LogP contribution in [0.15, 0.2) is 29.1 Å². The van der Waals surface area contributed by atoms with Gasteiger partial charge in [-0.05, 0) is 24.6 Å². The Morgan fingerprint density at radius 2 is 1.91 bits per heavy atom. The zero-order valence-corrected chi connectivity index (χ0v) is 11.6. The summed E-state index contributed by atoms with van der Waals surface area (Å²) in [7, 11) is 0. The summed E-state index contributed by atoms with van der Waals surface area (Å²) in [5.41, 5.74) is -1.03. The lowest BCUT2D eigenvalue weighted by Crippen LogP contribution is -2.26. The molecule has 116 valence electrons. The molecule has 0 aliphatic carbocycles. The smallest absolute Gasteiger partial charge is 0.276 e. The molecule has 0 aliphatic heterocycles. The zero-order valence-electron chi connectivity index (χ0n) is 11.6. The number of amides is 1. The third-order valence-corrected chi connectivity index (χ3v) is 2.82. The van der Waals surface area contributed by atoms with Gasteiger partial charge in [0.05, 0.1) is 5.69 Å². The van der Waals surface area contributed by atoms with Crippen molar-refractivity contribution in [3.05, 3.63) is 57.8 Å². The van der Waals surface area contributed by atoms with E-state index in [1.807, 2.05) is 6.92 Å². The highest BCUT2D eigenvalue weighted by molar-refractivity contribution is 6.02. The van der Waals surface area contributed by atoms with E-state index in [1.54, 1.807) is 0 Å². The molecule has 1 N–H and O–H groups in total. The van der Waals surface area contributed by atoms with Crippen LogP contribution in [-0.4, -0.2) is 15.7 Å². The molecule has 22 heavy (non-hydrogen) atoms. The summed E-state index contributed by atoms with van der Waals surface area (Å²) in [6.07, 6.45) is 0.635. The first kappa shape index (κ1) is 15.7. The van der Waals surface area contributed by atoms with Gasteiger partial charge in [0, 0.05) is 12.6 Å². The van der Waals surface area contributed by atoms with Gasteiger partial charge in [-0.1, -0.05) is 6.92 Å². The predicted octanol–water partition coefficient (Wildman–Crippen LogP) is 2.32. The van der Waals surface area contributed by atoms with Crippen LogP contribution in [0, 0.1) is 17.5 Å². The van der Waals surface area contributed by atoms with Crippen molar-refractivity contribution in [2.45, 2.75) is 19.9 Å². The molecule has 0 bridgehead atoms. The van der Waals surface area contributed by atoms with Crippen molar-refractivity contribution in [3.8, 4) is 0 Å². The standard InChI is InChI=1S/C14H12F3N3O2/c1-2-7-20-11(21)6-5-10(19-20)14(22)18-9-4-3-8(15)12(16)13(9)17/h3-6H,2,7H2,1H3,(H,18,22). The minimum Gasteiger partial charge on any atom is -0.318 e. The fraction of sp³-hybridized carbons (Fsp3) is 0.214. The minimum atomic E-state index is -1.68. The average molecular weight is 311 g/mol. The Hall–Kier alpha value is -2.64. The fourth-order valence-electron chi connectivity index (χ4n) is 1.75. The third-order valence-electron chi connectivity index (χ3n) is 2.82. The maximum absolute atomic E-state index is 13.5. The molecule has 2 rings (SSSR count). The maximum Gasteiger partial charge on any atom is 0.276 e. The van der Waals surface area contributed by atoms with Crippen LogP contribution in [0.5, 0.6) is 0 Å². The lowest BCUT2D eigenvalue weighted by atomic mass is 10.2. The van der Waals surface area contributed by atoms with Gasteiger partial charge in [0.1, 0.15) is 5.69 Å². The first-order valence-electron chi connectivity index (χ1n) is 6.47. The first-order valence-corrected chi connectivity index (χ1v) is 6.47. The van der Waals surface area contributed by atoms with Crippen molar-refractivity contribution in [2.75, 3.05) is 5.32 Å². The molecule has 1 aromatic carbocycles. The Balaban J connectivity index is 2.28. The Kier molecular flexibility index (Phi) is 4.59. The molecule has 0 radical (unpaired) electrons. The number of aromatic nitrogens is 2. The van der Waals surface area contributed by atoms with E-state index in [0.29, 0.717) is 19.0 Å². The molecule has 0 saturated carbocycles. The quantitative estimate of drug-likeness (QED) is 0.881. The van der Waals surface area contributed by atoms with Gasteiger partial charge < -0.3 is 5.32 Å². The first-order chi connectivity index (χ1) is 10.4. The topological polar surface area (TPSA) is 64.0 Å². The monoisotopic (exact) mass is 311 g/mol. The van der Waals surface area contributed by atoms with E-state index in [-0.39, 0.29) is 11.3 Å². The van der Waals surface area contributed by atoms with Gasteiger partial charge in [-0.15, -0.1) is 0 Å². The van der Waals surface area contributed by atoms with Crippen LogP contribution >= 0.6 is 0 Å². The number of nitrogens with one attached hydrogen (secondary N) is 1. The van der Waals surface area contributed by atoms with Crippen molar-refractivity contribution in [3.63, 3.8) is 0 Å². The number of carbonyl (C=O) groups is 1. The van der Waals surface area contributed by atoms with Gasteiger partial charge in [-0.3, -0.25) is 9.59 Å². The normalized spacial score (nSPS) is 10.5. The van der Waals surface area contributed by atoms with Gasteiger partial charge >= 0.3 is 0 Å². The Morgan fingerprint density at radius 3 is 2.59 bits per heavy atom. The summed E-state index contributed by atoms with van der Waals surface area (Å²) >= 11 is 0. The molecule has 8 heteroatoms. The number of halogens is 3. The molecule has 2 aromatic rings. The molecule has 5 nitrogen and oxygen atoms in total. The van der Waals surface area contributed by atoms with Gasteiger partial charge in [0.15, 0.2) is 17.5 Å². The van der Waals surface area contributed by atoms with Gasteiger partial charge in [-0.2, -0.15) is 5.10 Å². The summed E-state index contributed by atoms with van der Waals surface area (Å²) in [6, 6.07) is 3.91. The number of rotatable bonds is 4. The molecule has 1 amide bonds. The molecule has 0 aliphatic rings.